The van der Waals surface area contributed by atoms with Crippen LogP contribution in [0.3, 0.4) is 0 Å². The third-order valence-corrected chi connectivity index (χ3v) is 5.06. The Balaban J connectivity index is 1.72. The second-order valence-corrected chi connectivity index (χ2v) is 6.96. The summed E-state index contributed by atoms with van der Waals surface area (Å²) in [5, 5.41) is 3.34. The van der Waals surface area contributed by atoms with Crippen LogP contribution in [0.4, 0.5) is 5.95 Å². The lowest BCUT2D eigenvalue weighted by Gasteiger charge is -2.18. The normalized spacial score (nSPS) is 12.3. The fourth-order valence-corrected chi connectivity index (χ4v) is 3.47. The van der Waals surface area contributed by atoms with Crippen molar-refractivity contribution in [2.45, 2.75) is 25.9 Å². The number of fused-ring (bicyclic) bond motifs is 1. The van der Waals surface area contributed by atoms with Gasteiger partial charge in [0.05, 0.1) is 12.4 Å². The first kappa shape index (κ1) is 18.7. The van der Waals surface area contributed by atoms with Crippen LogP contribution in [0, 0.1) is 0 Å². The number of aryl methyl sites for hydroxylation is 2. The van der Waals surface area contributed by atoms with Crippen LogP contribution in [-0.2, 0) is 13.6 Å². The molecule has 0 radical (unpaired) electrons. The van der Waals surface area contributed by atoms with E-state index in [9.17, 15) is 9.59 Å². The van der Waals surface area contributed by atoms with Crippen LogP contribution in [0.2, 0.25) is 0 Å². The molecule has 0 aliphatic rings. The molecule has 0 bridgehead atoms. The van der Waals surface area contributed by atoms with Gasteiger partial charge < -0.3 is 9.88 Å². The molecule has 2 N–H and O–H groups in total. The van der Waals surface area contributed by atoms with E-state index in [1.54, 1.807) is 19.6 Å². The highest BCUT2D eigenvalue weighted by Crippen LogP contribution is 2.26. The van der Waals surface area contributed by atoms with Gasteiger partial charge in [0.1, 0.15) is 0 Å². The number of H-pyrrole nitrogens is 1. The lowest BCUT2D eigenvalue weighted by molar-refractivity contribution is 0.639. The second-order valence-electron chi connectivity index (χ2n) is 6.96. The third kappa shape index (κ3) is 3.58. The summed E-state index contributed by atoms with van der Waals surface area (Å²) in [6.07, 6.45) is 6.31. The van der Waals surface area contributed by atoms with Gasteiger partial charge in [-0.15, -0.1) is 0 Å². The molecular formula is C20H23N7O2. The van der Waals surface area contributed by atoms with Gasteiger partial charge in [0.2, 0.25) is 5.95 Å². The standard InChI is InChI=1S/C20H23N7O2/c1-14(15-7-4-3-5-8-15)27-16-17(25(2)20(29)24-18(16)28)23-19(27)22-9-6-11-26-12-10-21-13-26/h3-5,7-8,10,12-14H,6,9,11H2,1-2H3,(H,22,23)(H,24,28,29)/t14-/m0/s1. The Hall–Kier alpha value is -3.62. The number of imidazole rings is 2. The molecular weight excluding hydrogens is 370 g/mol. The molecule has 3 aromatic heterocycles. The van der Waals surface area contributed by atoms with Crippen LogP contribution >= 0.6 is 0 Å². The molecule has 0 saturated carbocycles. The van der Waals surface area contributed by atoms with Gasteiger partial charge in [0, 0.05) is 32.5 Å². The Morgan fingerprint density at radius 1 is 1.21 bits per heavy atom. The van der Waals surface area contributed by atoms with Crippen LogP contribution in [0.1, 0.15) is 24.9 Å². The summed E-state index contributed by atoms with van der Waals surface area (Å²) in [5.74, 6) is 0.564. The Morgan fingerprint density at radius 3 is 2.72 bits per heavy atom. The summed E-state index contributed by atoms with van der Waals surface area (Å²) < 4.78 is 5.23. The molecule has 0 unspecified atom stereocenters. The summed E-state index contributed by atoms with van der Waals surface area (Å²) >= 11 is 0. The Bertz CT molecular complexity index is 1220. The van der Waals surface area contributed by atoms with Crippen molar-refractivity contribution in [3.05, 3.63) is 75.5 Å². The molecule has 9 nitrogen and oxygen atoms in total. The van der Waals surface area contributed by atoms with E-state index in [1.165, 1.54) is 4.57 Å². The quantitative estimate of drug-likeness (QED) is 0.466. The molecule has 0 saturated heterocycles. The van der Waals surface area contributed by atoms with Crippen molar-refractivity contribution in [1.29, 1.82) is 0 Å². The van der Waals surface area contributed by atoms with E-state index >= 15 is 0 Å². The molecule has 1 aromatic carbocycles. The number of aromatic amines is 1. The van der Waals surface area contributed by atoms with Crippen LogP contribution in [0.25, 0.3) is 11.2 Å². The molecule has 4 aromatic rings. The first-order valence-corrected chi connectivity index (χ1v) is 9.52. The highest BCUT2D eigenvalue weighted by atomic mass is 16.2. The molecule has 3 heterocycles. The maximum atomic E-state index is 12.6. The van der Waals surface area contributed by atoms with E-state index in [2.05, 4.69) is 20.3 Å². The van der Waals surface area contributed by atoms with E-state index in [1.807, 2.05) is 52.6 Å². The van der Waals surface area contributed by atoms with Crippen molar-refractivity contribution in [3.63, 3.8) is 0 Å². The van der Waals surface area contributed by atoms with Gasteiger partial charge >= 0.3 is 5.69 Å². The maximum absolute atomic E-state index is 12.6. The molecule has 9 heteroatoms. The molecule has 29 heavy (non-hydrogen) atoms. The number of nitrogens with one attached hydrogen (secondary N) is 2. The lowest BCUT2D eigenvalue weighted by atomic mass is 10.1. The number of hydrogen-bond acceptors (Lipinski definition) is 5. The third-order valence-electron chi connectivity index (χ3n) is 5.06. The summed E-state index contributed by atoms with van der Waals surface area (Å²) in [5.41, 5.74) is 0.858. The van der Waals surface area contributed by atoms with E-state index in [-0.39, 0.29) is 6.04 Å². The highest BCUT2D eigenvalue weighted by Gasteiger charge is 2.21. The number of rotatable bonds is 7. The second kappa shape index (κ2) is 7.78. The molecule has 0 aliphatic carbocycles. The molecule has 1 atom stereocenters. The minimum Gasteiger partial charge on any atom is -0.355 e. The first-order valence-electron chi connectivity index (χ1n) is 9.52. The zero-order valence-electron chi connectivity index (χ0n) is 16.4. The first-order chi connectivity index (χ1) is 14.1. The van der Waals surface area contributed by atoms with Crippen molar-refractivity contribution < 1.29 is 0 Å². The van der Waals surface area contributed by atoms with Crippen LogP contribution < -0.4 is 16.6 Å². The summed E-state index contributed by atoms with van der Waals surface area (Å²) in [7, 11) is 1.61. The molecule has 4 rings (SSSR count). The fraction of sp³-hybridized carbons (Fsp3) is 0.300. The molecule has 0 amide bonds. The van der Waals surface area contributed by atoms with Crippen molar-refractivity contribution in [2.75, 3.05) is 11.9 Å². The average molecular weight is 393 g/mol. The molecule has 150 valence electrons. The molecule has 0 fully saturated rings. The van der Waals surface area contributed by atoms with E-state index in [0.717, 1.165) is 18.5 Å². The fourth-order valence-electron chi connectivity index (χ4n) is 3.47. The van der Waals surface area contributed by atoms with E-state index in [4.69, 9.17) is 0 Å². The van der Waals surface area contributed by atoms with Crippen molar-refractivity contribution in [1.82, 2.24) is 28.7 Å². The zero-order valence-corrected chi connectivity index (χ0v) is 16.4. The minimum absolute atomic E-state index is 0.143. The predicted octanol–water partition coefficient (Wildman–Crippen LogP) is 1.73. The number of hydrogen-bond donors (Lipinski definition) is 2. The SMILES string of the molecule is C[C@@H](c1ccccc1)n1c(NCCCn2ccnc2)nc2c1c(=O)[nH]c(=O)n2C. The summed E-state index contributed by atoms with van der Waals surface area (Å²) in [6, 6.07) is 9.75. The van der Waals surface area contributed by atoms with Crippen molar-refractivity contribution in [3.8, 4) is 0 Å². The van der Waals surface area contributed by atoms with Gasteiger partial charge in [-0.25, -0.2) is 9.78 Å². The maximum Gasteiger partial charge on any atom is 0.329 e. The largest absolute Gasteiger partial charge is 0.355 e. The summed E-state index contributed by atoms with van der Waals surface area (Å²) in [6.45, 7) is 3.49. The highest BCUT2D eigenvalue weighted by molar-refractivity contribution is 5.74. The van der Waals surface area contributed by atoms with Gasteiger partial charge in [0.15, 0.2) is 11.2 Å². The van der Waals surface area contributed by atoms with Crippen LogP contribution in [0.15, 0.2) is 58.6 Å². The van der Waals surface area contributed by atoms with E-state index in [0.29, 0.717) is 23.7 Å². The zero-order chi connectivity index (χ0) is 20.4. The van der Waals surface area contributed by atoms with Crippen LogP contribution in [-0.4, -0.2) is 35.2 Å². The van der Waals surface area contributed by atoms with Gasteiger partial charge in [-0.3, -0.25) is 18.9 Å². The molecule has 0 spiro atoms. The Morgan fingerprint density at radius 2 is 2.00 bits per heavy atom. The van der Waals surface area contributed by atoms with Crippen molar-refractivity contribution >= 4 is 17.1 Å². The van der Waals surface area contributed by atoms with Crippen molar-refractivity contribution in [2.24, 2.45) is 7.05 Å². The number of benzene rings is 1. The minimum atomic E-state index is -0.480. The number of aromatic nitrogens is 6. The molecule has 0 aliphatic heterocycles. The van der Waals surface area contributed by atoms with Crippen LogP contribution in [0.5, 0.6) is 0 Å². The number of anilines is 1. The summed E-state index contributed by atoms with van der Waals surface area (Å²) in [4.78, 5) is 35.7. The Kier molecular flexibility index (Phi) is 5.03. The topological polar surface area (TPSA) is 103 Å². The van der Waals surface area contributed by atoms with Gasteiger partial charge in [-0.1, -0.05) is 30.3 Å². The predicted molar refractivity (Wildman–Crippen MR) is 111 cm³/mol. The monoisotopic (exact) mass is 393 g/mol. The lowest BCUT2D eigenvalue weighted by Crippen LogP contribution is -2.29. The van der Waals surface area contributed by atoms with Gasteiger partial charge in [-0.05, 0) is 18.9 Å². The Labute approximate surface area is 166 Å². The average Bonchev–Trinajstić information content (AvgIpc) is 3.38. The van der Waals surface area contributed by atoms with Gasteiger partial charge in [-0.2, -0.15) is 4.98 Å². The van der Waals surface area contributed by atoms with E-state index < -0.39 is 11.2 Å². The smallest absolute Gasteiger partial charge is 0.329 e. The van der Waals surface area contributed by atoms with Gasteiger partial charge in [0.25, 0.3) is 5.56 Å². The number of nitrogens with zero attached hydrogens (tertiary/aromatic N) is 5.